The summed E-state index contributed by atoms with van der Waals surface area (Å²) in [5, 5.41) is 2.54. The van der Waals surface area contributed by atoms with Crippen LogP contribution in [0.15, 0.2) is 23.1 Å². The zero-order valence-corrected chi connectivity index (χ0v) is 9.94. The minimum absolute atomic E-state index is 0.00202. The maximum absolute atomic E-state index is 11.7. The lowest BCUT2D eigenvalue weighted by atomic mass is 10.2. The van der Waals surface area contributed by atoms with E-state index >= 15 is 0 Å². The van der Waals surface area contributed by atoms with Gasteiger partial charge in [0.1, 0.15) is 0 Å². The molecule has 0 atom stereocenters. The first-order chi connectivity index (χ1) is 8.66. The van der Waals surface area contributed by atoms with Crippen LogP contribution in [0.2, 0.25) is 0 Å². The molecule has 1 fully saturated rings. The molecule has 0 aliphatic carbocycles. The minimum atomic E-state index is -0.362. The van der Waals surface area contributed by atoms with Gasteiger partial charge in [0.2, 0.25) is 11.5 Å². The van der Waals surface area contributed by atoms with E-state index < -0.39 is 0 Å². The molecule has 2 N–H and O–H groups in total. The fourth-order valence-electron chi connectivity index (χ4n) is 1.89. The number of hydrogen-bond acceptors (Lipinski definition) is 3. The second kappa shape index (κ2) is 5.48. The van der Waals surface area contributed by atoms with E-state index in [0.717, 1.165) is 25.9 Å². The van der Waals surface area contributed by atoms with Crippen molar-refractivity contribution >= 4 is 11.8 Å². The highest BCUT2D eigenvalue weighted by molar-refractivity contribution is 5.96. The third-order valence-corrected chi connectivity index (χ3v) is 2.91. The van der Waals surface area contributed by atoms with Crippen molar-refractivity contribution in [2.75, 3.05) is 19.6 Å². The molecule has 0 spiro atoms. The predicted molar refractivity (Wildman–Crippen MR) is 65.2 cm³/mol. The first-order valence-corrected chi connectivity index (χ1v) is 5.91. The largest absolute Gasteiger partial charge is 0.343 e. The second-order valence-corrected chi connectivity index (χ2v) is 4.21. The molecule has 2 rings (SSSR count). The average molecular weight is 249 g/mol. The standard InChI is InChI=1S/C12H15N3O3/c16-10-4-3-9(7-13-10)12(18)14-8-11(17)15-5-1-2-6-15/h3-4,7H,1-2,5-6,8H2,(H,13,16)(H,14,18). The molecule has 0 saturated carbocycles. The van der Waals surface area contributed by atoms with Gasteiger partial charge in [-0.05, 0) is 18.9 Å². The van der Waals surface area contributed by atoms with E-state index in [1.165, 1.54) is 18.3 Å². The molecule has 1 saturated heterocycles. The number of hydrogen-bond donors (Lipinski definition) is 2. The molecule has 0 aromatic carbocycles. The molecule has 96 valence electrons. The molecular formula is C12H15N3O3. The summed E-state index contributed by atoms with van der Waals surface area (Å²) in [5.41, 5.74) is 0.0727. The van der Waals surface area contributed by atoms with E-state index in [0.29, 0.717) is 5.56 Å². The molecule has 2 amide bonds. The third kappa shape index (κ3) is 2.97. The molecule has 1 aliphatic rings. The number of nitrogens with zero attached hydrogens (tertiary/aromatic N) is 1. The summed E-state index contributed by atoms with van der Waals surface area (Å²) in [5.74, 6) is -0.427. The van der Waals surface area contributed by atoms with Gasteiger partial charge in [0.15, 0.2) is 0 Å². The van der Waals surface area contributed by atoms with Crippen LogP contribution >= 0.6 is 0 Å². The monoisotopic (exact) mass is 249 g/mol. The Hall–Kier alpha value is -2.11. The number of carbonyl (C=O) groups is 2. The Bertz CT molecular complexity index is 483. The zero-order valence-electron chi connectivity index (χ0n) is 9.94. The Kier molecular flexibility index (Phi) is 3.76. The zero-order chi connectivity index (χ0) is 13.0. The van der Waals surface area contributed by atoms with E-state index in [2.05, 4.69) is 10.3 Å². The predicted octanol–water partition coefficient (Wildman–Crippen LogP) is -0.273. The quantitative estimate of drug-likeness (QED) is 0.773. The third-order valence-electron chi connectivity index (χ3n) is 2.91. The van der Waals surface area contributed by atoms with Crippen molar-refractivity contribution in [3.63, 3.8) is 0 Å². The molecule has 1 aromatic rings. The second-order valence-electron chi connectivity index (χ2n) is 4.21. The van der Waals surface area contributed by atoms with Gasteiger partial charge in [-0.15, -0.1) is 0 Å². The number of H-pyrrole nitrogens is 1. The smallest absolute Gasteiger partial charge is 0.253 e. The first kappa shape index (κ1) is 12.3. The van der Waals surface area contributed by atoms with Gasteiger partial charge >= 0.3 is 0 Å². The number of aromatic nitrogens is 1. The molecule has 0 bridgehead atoms. The summed E-state index contributed by atoms with van der Waals surface area (Å²) in [7, 11) is 0. The Morgan fingerprint density at radius 2 is 2.00 bits per heavy atom. The molecular weight excluding hydrogens is 234 g/mol. The molecule has 6 nitrogen and oxygen atoms in total. The lowest BCUT2D eigenvalue weighted by Gasteiger charge is -2.15. The van der Waals surface area contributed by atoms with Gasteiger partial charge in [-0.3, -0.25) is 14.4 Å². The van der Waals surface area contributed by atoms with Crippen LogP contribution < -0.4 is 10.9 Å². The summed E-state index contributed by atoms with van der Waals surface area (Å²) in [6, 6.07) is 2.70. The summed E-state index contributed by atoms with van der Waals surface area (Å²) in [4.78, 5) is 38.4. The lowest BCUT2D eigenvalue weighted by molar-refractivity contribution is -0.129. The van der Waals surface area contributed by atoms with E-state index in [1.807, 2.05) is 0 Å². The van der Waals surface area contributed by atoms with Gasteiger partial charge in [0.05, 0.1) is 12.1 Å². The molecule has 0 radical (unpaired) electrons. The Morgan fingerprint density at radius 3 is 2.61 bits per heavy atom. The van der Waals surface area contributed by atoms with Crippen LogP contribution in [0.25, 0.3) is 0 Å². The number of rotatable bonds is 3. The Balaban J connectivity index is 1.86. The number of carbonyl (C=O) groups excluding carboxylic acids is 2. The topological polar surface area (TPSA) is 82.3 Å². The van der Waals surface area contributed by atoms with Crippen LogP contribution in [-0.4, -0.2) is 41.3 Å². The fraction of sp³-hybridized carbons (Fsp3) is 0.417. The van der Waals surface area contributed by atoms with Gasteiger partial charge in [-0.1, -0.05) is 0 Å². The maximum Gasteiger partial charge on any atom is 0.253 e. The maximum atomic E-state index is 11.7. The fourth-order valence-corrected chi connectivity index (χ4v) is 1.89. The van der Waals surface area contributed by atoms with Gasteiger partial charge in [0, 0.05) is 25.4 Å². The van der Waals surface area contributed by atoms with Crippen molar-refractivity contribution in [2.45, 2.75) is 12.8 Å². The minimum Gasteiger partial charge on any atom is -0.343 e. The molecule has 6 heteroatoms. The summed E-state index contributed by atoms with van der Waals surface area (Å²) in [6.07, 6.45) is 3.39. The summed E-state index contributed by atoms with van der Waals surface area (Å²) in [6.45, 7) is 1.54. The number of nitrogens with one attached hydrogen (secondary N) is 2. The van der Waals surface area contributed by atoms with Crippen molar-refractivity contribution in [3.8, 4) is 0 Å². The number of likely N-dealkylation sites (tertiary alicyclic amines) is 1. The van der Waals surface area contributed by atoms with Crippen molar-refractivity contribution in [3.05, 3.63) is 34.2 Å². The highest BCUT2D eigenvalue weighted by atomic mass is 16.2. The van der Waals surface area contributed by atoms with Crippen molar-refractivity contribution in [1.29, 1.82) is 0 Å². The summed E-state index contributed by atoms with van der Waals surface area (Å²) < 4.78 is 0. The van der Waals surface area contributed by atoms with Crippen LogP contribution in [0.5, 0.6) is 0 Å². The van der Waals surface area contributed by atoms with Gasteiger partial charge in [0.25, 0.3) is 5.91 Å². The highest BCUT2D eigenvalue weighted by Crippen LogP contribution is 2.06. The normalized spacial score (nSPS) is 14.6. The van der Waals surface area contributed by atoms with Gasteiger partial charge < -0.3 is 15.2 Å². The van der Waals surface area contributed by atoms with Crippen molar-refractivity contribution in [2.24, 2.45) is 0 Å². The van der Waals surface area contributed by atoms with E-state index in [4.69, 9.17) is 0 Å². The van der Waals surface area contributed by atoms with Gasteiger partial charge in [-0.2, -0.15) is 0 Å². The Morgan fingerprint density at radius 1 is 1.28 bits per heavy atom. The van der Waals surface area contributed by atoms with E-state index in [-0.39, 0.29) is 23.9 Å². The number of aromatic amines is 1. The SMILES string of the molecule is O=C(NCC(=O)N1CCCC1)c1ccc(=O)[nH]c1. The highest BCUT2D eigenvalue weighted by Gasteiger charge is 2.18. The molecule has 2 heterocycles. The average Bonchev–Trinajstić information content (AvgIpc) is 2.90. The van der Waals surface area contributed by atoms with Gasteiger partial charge in [-0.25, -0.2) is 0 Å². The molecule has 1 aliphatic heterocycles. The van der Waals surface area contributed by atoms with Crippen LogP contribution in [0, 0.1) is 0 Å². The first-order valence-electron chi connectivity index (χ1n) is 5.91. The van der Waals surface area contributed by atoms with Crippen LogP contribution in [-0.2, 0) is 4.79 Å². The van der Waals surface area contributed by atoms with Crippen LogP contribution in [0.3, 0.4) is 0 Å². The molecule has 1 aromatic heterocycles. The van der Waals surface area contributed by atoms with E-state index in [9.17, 15) is 14.4 Å². The lowest BCUT2D eigenvalue weighted by Crippen LogP contribution is -2.38. The van der Waals surface area contributed by atoms with Crippen molar-refractivity contribution < 1.29 is 9.59 Å². The van der Waals surface area contributed by atoms with Crippen molar-refractivity contribution in [1.82, 2.24) is 15.2 Å². The number of pyridine rings is 1. The molecule has 18 heavy (non-hydrogen) atoms. The van der Waals surface area contributed by atoms with Crippen LogP contribution in [0.1, 0.15) is 23.2 Å². The van der Waals surface area contributed by atoms with E-state index in [1.54, 1.807) is 4.90 Å². The van der Waals surface area contributed by atoms with Crippen LogP contribution in [0.4, 0.5) is 0 Å². The Labute approximate surface area is 104 Å². The molecule has 0 unspecified atom stereocenters. The summed E-state index contributed by atoms with van der Waals surface area (Å²) >= 11 is 0. The number of amides is 2.